The van der Waals surface area contributed by atoms with E-state index in [2.05, 4.69) is 5.16 Å². The minimum absolute atomic E-state index is 0.0243. The van der Waals surface area contributed by atoms with Gasteiger partial charge in [-0.15, -0.1) is 0 Å². The quantitative estimate of drug-likeness (QED) is 0.368. The van der Waals surface area contributed by atoms with Crippen molar-refractivity contribution in [2.24, 2.45) is 10.9 Å². The smallest absolute Gasteiger partial charge is 0.172 e. The highest BCUT2D eigenvalue weighted by Gasteiger charge is 2.22. The van der Waals surface area contributed by atoms with Crippen LogP contribution in [0, 0.1) is 0 Å². The summed E-state index contributed by atoms with van der Waals surface area (Å²) in [7, 11) is -2.99. The van der Waals surface area contributed by atoms with Crippen molar-refractivity contribution in [1.29, 1.82) is 0 Å². The summed E-state index contributed by atoms with van der Waals surface area (Å²) in [6.07, 6.45) is 0.546. The molecule has 3 N–H and O–H groups in total. The molecule has 8 heteroatoms. The molecule has 0 spiro atoms. The van der Waals surface area contributed by atoms with Crippen LogP contribution < -0.4 is 10.6 Å². The molecular formula is C12H16ClN3O3S. The summed E-state index contributed by atoms with van der Waals surface area (Å²) in [6.45, 7) is 0.958. The van der Waals surface area contributed by atoms with Crippen LogP contribution in [0.3, 0.4) is 0 Å². The molecule has 20 heavy (non-hydrogen) atoms. The normalized spacial score (nSPS) is 19.6. The predicted octanol–water partition coefficient (Wildman–Crippen LogP) is 1.06. The van der Waals surface area contributed by atoms with Crippen molar-refractivity contribution in [2.75, 3.05) is 29.5 Å². The molecule has 1 fully saturated rings. The van der Waals surface area contributed by atoms with E-state index in [1.807, 2.05) is 4.90 Å². The van der Waals surface area contributed by atoms with E-state index in [0.29, 0.717) is 35.8 Å². The molecule has 0 bridgehead atoms. The number of hydrogen-bond donors (Lipinski definition) is 2. The van der Waals surface area contributed by atoms with Crippen molar-refractivity contribution >= 4 is 33.0 Å². The van der Waals surface area contributed by atoms with Gasteiger partial charge in [-0.25, -0.2) is 8.42 Å². The number of hydrogen-bond acceptors (Lipinski definition) is 5. The number of halogens is 1. The van der Waals surface area contributed by atoms with Crippen LogP contribution in [0.2, 0.25) is 5.02 Å². The van der Waals surface area contributed by atoms with Gasteiger partial charge in [-0.3, -0.25) is 0 Å². The Bertz CT molecular complexity index is 631. The minimum atomic E-state index is -2.99. The summed E-state index contributed by atoms with van der Waals surface area (Å²) in [4.78, 5) is 1.91. The largest absolute Gasteiger partial charge is 0.409 e. The molecule has 1 aliphatic rings. The van der Waals surface area contributed by atoms with Gasteiger partial charge in [0.2, 0.25) is 0 Å². The van der Waals surface area contributed by atoms with E-state index in [9.17, 15) is 8.42 Å². The molecule has 0 saturated carbocycles. The van der Waals surface area contributed by atoms with Crippen LogP contribution in [0.5, 0.6) is 0 Å². The SMILES string of the molecule is N/C(=N/O)c1ccc(Cl)cc1N1CCCS(=O)(=O)CC1. The maximum absolute atomic E-state index is 11.6. The van der Waals surface area contributed by atoms with Crippen LogP contribution in [-0.4, -0.2) is 44.1 Å². The topological polar surface area (TPSA) is 96.0 Å². The standard InChI is InChI=1S/C12H16ClN3O3S/c13-9-2-3-10(12(14)15-17)11(8-9)16-4-1-6-20(18,19)7-5-16/h2-3,8,17H,1,4-7H2,(H2,14,15). The third-order valence-corrected chi connectivity index (χ3v) is 5.19. The van der Waals surface area contributed by atoms with Crippen LogP contribution in [0.1, 0.15) is 12.0 Å². The molecule has 0 radical (unpaired) electrons. The summed E-state index contributed by atoms with van der Waals surface area (Å²) in [6, 6.07) is 5.01. The van der Waals surface area contributed by atoms with Crippen molar-refractivity contribution in [2.45, 2.75) is 6.42 Å². The highest BCUT2D eigenvalue weighted by atomic mass is 35.5. The highest BCUT2D eigenvalue weighted by molar-refractivity contribution is 7.91. The van der Waals surface area contributed by atoms with E-state index in [0.717, 1.165) is 0 Å². The van der Waals surface area contributed by atoms with E-state index >= 15 is 0 Å². The second kappa shape index (κ2) is 5.88. The van der Waals surface area contributed by atoms with Crippen molar-refractivity contribution in [1.82, 2.24) is 0 Å². The molecule has 1 heterocycles. The molecule has 2 rings (SSSR count). The van der Waals surface area contributed by atoms with Crippen LogP contribution in [-0.2, 0) is 9.84 Å². The number of nitrogens with two attached hydrogens (primary N) is 1. The average molecular weight is 318 g/mol. The van der Waals surface area contributed by atoms with Gasteiger partial charge in [0.15, 0.2) is 15.7 Å². The summed E-state index contributed by atoms with van der Waals surface area (Å²) >= 11 is 5.99. The Kier molecular flexibility index (Phi) is 4.39. The Morgan fingerprint density at radius 1 is 1.35 bits per heavy atom. The summed E-state index contributed by atoms with van der Waals surface area (Å²) < 4.78 is 23.3. The van der Waals surface area contributed by atoms with Gasteiger partial charge in [-0.2, -0.15) is 0 Å². The number of benzene rings is 1. The van der Waals surface area contributed by atoms with Crippen LogP contribution in [0.25, 0.3) is 0 Å². The lowest BCUT2D eigenvalue weighted by Crippen LogP contribution is -2.29. The average Bonchev–Trinajstić information content (AvgIpc) is 2.58. The van der Waals surface area contributed by atoms with Crippen LogP contribution >= 0.6 is 11.6 Å². The van der Waals surface area contributed by atoms with Gasteiger partial charge in [0, 0.05) is 29.4 Å². The number of amidine groups is 1. The number of nitrogens with zero attached hydrogens (tertiary/aromatic N) is 2. The zero-order valence-corrected chi connectivity index (χ0v) is 12.4. The fourth-order valence-electron chi connectivity index (χ4n) is 2.22. The summed E-state index contributed by atoms with van der Waals surface area (Å²) in [5.41, 5.74) is 6.88. The monoisotopic (exact) mass is 317 g/mol. The molecule has 110 valence electrons. The van der Waals surface area contributed by atoms with Gasteiger partial charge in [-0.1, -0.05) is 16.8 Å². The zero-order valence-electron chi connectivity index (χ0n) is 10.8. The van der Waals surface area contributed by atoms with E-state index in [4.69, 9.17) is 22.5 Å². The molecule has 1 aliphatic heterocycles. The lowest BCUT2D eigenvalue weighted by atomic mass is 10.1. The fourth-order valence-corrected chi connectivity index (χ4v) is 3.65. The van der Waals surface area contributed by atoms with E-state index in [1.54, 1.807) is 18.2 Å². The number of oxime groups is 1. The molecule has 0 aromatic heterocycles. The maximum atomic E-state index is 11.6. The van der Waals surface area contributed by atoms with Gasteiger partial charge in [-0.05, 0) is 24.6 Å². The highest BCUT2D eigenvalue weighted by Crippen LogP contribution is 2.26. The zero-order chi connectivity index (χ0) is 14.8. The third kappa shape index (κ3) is 3.34. The number of rotatable bonds is 2. The first kappa shape index (κ1) is 14.9. The molecule has 6 nitrogen and oxygen atoms in total. The second-order valence-corrected chi connectivity index (χ2v) is 7.38. The lowest BCUT2D eigenvalue weighted by molar-refractivity contribution is 0.318. The molecule has 1 aromatic carbocycles. The number of anilines is 1. The Balaban J connectivity index is 2.38. The lowest BCUT2D eigenvalue weighted by Gasteiger charge is -2.24. The van der Waals surface area contributed by atoms with E-state index in [-0.39, 0.29) is 17.3 Å². The molecule has 1 saturated heterocycles. The molecule has 1 aromatic rings. The van der Waals surface area contributed by atoms with Gasteiger partial charge in [0.25, 0.3) is 0 Å². The summed E-state index contributed by atoms with van der Waals surface area (Å²) in [5, 5.41) is 12.4. The van der Waals surface area contributed by atoms with Crippen LogP contribution in [0.15, 0.2) is 23.4 Å². The molecule has 0 atom stereocenters. The first-order valence-electron chi connectivity index (χ1n) is 6.16. The second-order valence-electron chi connectivity index (χ2n) is 4.64. The third-order valence-electron chi connectivity index (χ3n) is 3.24. The molecule has 0 unspecified atom stereocenters. The van der Waals surface area contributed by atoms with Gasteiger partial charge < -0.3 is 15.8 Å². The molecule has 0 aliphatic carbocycles. The first-order chi connectivity index (χ1) is 9.43. The Labute approximate surface area is 122 Å². The Morgan fingerprint density at radius 2 is 2.10 bits per heavy atom. The van der Waals surface area contributed by atoms with Gasteiger partial charge in [0.1, 0.15) is 0 Å². The van der Waals surface area contributed by atoms with E-state index < -0.39 is 9.84 Å². The van der Waals surface area contributed by atoms with Crippen molar-refractivity contribution in [3.05, 3.63) is 28.8 Å². The van der Waals surface area contributed by atoms with Crippen molar-refractivity contribution in [3.8, 4) is 0 Å². The maximum Gasteiger partial charge on any atom is 0.172 e. The van der Waals surface area contributed by atoms with Gasteiger partial charge in [0.05, 0.1) is 11.5 Å². The fraction of sp³-hybridized carbons (Fsp3) is 0.417. The number of sulfone groups is 1. The first-order valence-corrected chi connectivity index (χ1v) is 8.36. The van der Waals surface area contributed by atoms with Crippen molar-refractivity contribution < 1.29 is 13.6 Å². The predicted molar refractivity (Wildman–Crippen MR) is 79.4 cm³/mol. The minimum Gasteiger partial charge on any atom is -0.409 e. The van der Waals surface area contributed by atoms with Gasteiger partial charge >= 0.3 is 0 Å². The Morgan fingerprint density at radius 3 is 2.80 bits per heavy atom. The summed E-state index contributed by atoms with van der Waals surface area (Å²) in [5.74, 6) is 0.252. The van der Waals surface area contributed by atoms with E-state index in [1.165, 1.54) is 0 Å². The molecular weight excluding hydrogens is 302 g/mol. The van der Waals surface area contributed by atoms with Crippen molar-refractivity contribution in [3.63, 3.8) is 0 Å². The van der Waals surface area contributed by atoms with Crippen LogP contribution in [0.4, 0.5) is 5.69 Å². The molecule has 0 amide bonds. The Hall–Kier alpha value is -1.47.